The Morgan fingerprint density at radius 3 is 1.26 bits per heavy atom. The van der Waals surface area contributed by atoms with Crippen LogP contribution in [0.1, 0.15) is 258 Å². The highest BCUT2D eigenvalue weighted by Gasteiger charge is 2.27. The van der Waals surface area contributed by atoms with E-state index in [4.69, 9.17) is 29.4 Å². The lowest BCUT2D eigenvalue weighted by atomic mass is 10.0. The molecule has 0 aliphatic carbocycles. The number of carbonyl (C=O) groups excluding carboxylic acids is 1. The summed E-state index contributed by atoms with van der Waals surface area (Å²) < 4.78 is 33.6. The molecule has 3 unspecified atom stereocenters. The van der Waals surface area contributed by atoms with E-state index in [0.29, 0.717) is 13.0 Å². The Hall–Kier alpha value is -2.33. The Labute approximate surface area is 423 Å². The number of carbonyl (C=O) groups is 2. The van der Waals surface area contributed by atoms with E-state index in [-0.39, 0.29) is 13.0 Å². The number of hydrogen-bond acceptors (Lipinski definition) is 8. The molecule has 11 heteroatoms. The van der Waals surface area contributed by atoms with Gasteiger partial charge in [-0.05, 0) is 57.8 Å². The third-order valence-corrected chi connectivity index (χ3v) is 13.3. The van der Waals surface area contributed by atoms with Gasteiger partial charge in [0.1, 0.15) is 12.1 Å². The van der Waals surface area contributed by atoms with Crippen LogP contribution in [0.5, 0.6) is 0 Å². The summed E-state index contributed by atoms with van der Waals surface area (Å²) in [7, 11) is -4.63. The highest BCUT2D eigenvalue weighted by atomic mass is 31.2. The summed E-state index contributed by atoms with van der Waals surface area (Å²) >= 11 is 0. The van der Waals surface area contributed by atoms with Crippen molar-refractivity contribution < 1.29 is 42.7 Å². The SMILES string of the molecule is CC/C=C\C/C=C\C/C=C\C/C=C\C/C=C\CCCCCCCCCC(=O)OC(COCCCCCCCCCCCCCCCCCCCCCCCCCC)COP(=O)(O)OCC(N)C(=O)O. The lowest BCUT2D eigenvalue weighted by Gasteiger charge is -2.20. The van der Waals surface area contributed by atoms with Crippen molar-refractivity contribution in [1.82, 2.24) is 0 Å². The molecule has 0 fully saturated rings. The van der Waals surface area contributed by atoms with Crippen molar-refractivity contribution in [2.75, 3.05) is 26.4 Å². The first-order chi connectivity index (χ1) is 33.7. The van der Waals surface area contributed by atoms with Crippen molar-refractivity contribution in [3.8, 4) is 0 Å². The minimum Gasteiger partial charge on any atom is -0.480 e. The number of hydrogen-bond donors (Lipinski definition) is 3. The number of rotatable bonds is 54. The minimum atomic E-state index is -4.63. The minimum absolute atomic E-state index is 0.0133. The number of aliphatic carboxylic acids is 1. The zero-order valence-electron chi connectivity index (χ0n) is 44.4. The Kier molecular flexibility index (Phi) is 51.7. The standard InChI is InChI=1S/C58H106NO9P/c1-3-5-7-9-11-13-15-17-19-21-23-25-27-29-31-33-35-37-39-41-43-45-47-49-51-65-52-55(53-66-69(63,64)67-54-56(59)58(61)62)68-57(60)50-48-46-44-42-40-38-36-34-32-30-28-26-24-22-20-18-16-14-12-10-8-6-4-2/h6,8,12,14,18,20,24,26,30,32,55-56H,3-5,7,9-11,13,15-17,19,21-23,25,27-29,31,33-54,59H2,1-2H3,(H,61,62)(H,63,64)/b8-6-,14-12-,20-18-,26-24-,32-30-. The van der Waals surface area contributed by atoms with E-state index in [9.17, 15) is 19.0 Å². The molecular weight excluding hydrogens is 886 g/mol. The second-order valence-electron chi connectivity index (χ2n) is 19.0. The van der Waals surface area contributed by atoms with Crippen LogP contribution >= 0.6 is 7.82 Å². The molecule has 0 aliphatic rings. The van der Waals surface area contributed by atoms with Crippen LogP contribution < -0.4 is 5.73 Å². The summed E-state index contributed by atoms with van der Waals surface area (Å²) in [5.74, 6) is -1.78. The fourth-order valence-corrected chi connectivity index (χ4v) is 8.76. The fraction of sp³-hybridized carbons (Fsp3) is 0.793. The number of phosphoric ester groups is 1. The molecule has 69 heavy (non-hydrogen) atoms. The predicted octanol–water partition coefficient (Wildman–Crippen LogP) is 17.1. The number of nitrogens with two attached hydrogens (primary N) is 1. The van der Waals surface area contributed by atoms with Crippen molar-refractivity contribution in [1.29, 1.82) is 0 Å². The molecule has 0 bridgehead atoms. The normalized spacial score (nSPS) is 14.0. The number of allylic oxidation sites excluding steroid dienone is 10. The van der Waals surface area contributed by atoms with E-state index >= 15 is 0 Å². The quantitative estimate of drug-likeness (QED) is 0.0232. The number of ether oxygens (including phenoxy) is 2. The van der Waals surface area contributed by atoms with Crippen LogP contribution in [-0.4, -0.2) is 60.5 Å². The lowest BCUT2D eigenvalue weighted by Crippen LogP contribution is -2.34. The van der Waals surface area contributed by atoms with Gasteiger partial charge in [-0.15, -0.1) is 0 Å². The smallest absolute Gasteiger partial charge is 0.472 e. The van der Waals surface area contributed by atoms with E-state index in [1.807, 2.05) is 0 Å². The van der Waals surface area contributed by atoms with E-state index in [0.717, 1.165) is 77.0 Å². The molecule has 3 atom stereocenters. The van der Waals surface area contributed by atoms with Crippen LogP contribution in [0.2, 0.25) is 0 Å². The van der Waals surface area contributed by atoms with Gasteiger partial charge in [0.15, 0.2) is 0 Å². The summed E-state index contributed by atoms with van der Waals surface area (Å²) in [6.07, 6.45) is 67.2. The molecule has 0 saturated heterocycles. The second kappa shape index (κ2) is 53.5. The van der Waals surface area contributed by atoms with Gasteiger partial charge in [-0.2, -0.15) is 0 Å². The van der Waals surface area contributed by atoms with Crippen molar-refractivity contribution in [3.05, 3.63) is 60.8 Å². The number of esters is 1. The summed E-state index contributed by atoms with van der Waals surface area (Å²) in [6.45, 7) is 3.80. The second-order valence-corrected chi connectivity index (χ2v) is 20.5. The van der Waals surface area contributed by atoms with Gasteiger partial charge in [0.25, 0.3) is 0 Å². The Balaban J connectivity index is 4.09. The van der Waals surface area contributed by atoms with E-state index in [2.05, 4.69) is 74.6 Å². The molecule has 0 aromatic carbocycles. The maximum Gasteiger partial charge on any atom is 0.472 e. The molecule has 0 aromatic heterocycles. The van der Waals surface area contributed by atoms with Gasteiger partial charge >= 0.3 is 19.8 Å². The van der Waals surface area contributed by atoms with Gasteiger partial charge in [0, 0.05) is 13.0 Å². The van der Waals surface area contributed by atoms with Gasteiger partial charge in [-0.1, -0.05) is 254 Å². The average molecular weight is 992 g/mol. The molecule has 0 amide bonds. The molecule has 4 N–H and O–H groups in total. The predicted molar refractivity (Wildman–Crippen MR) is 291 cm³/mol. The molecule has 0 aromatic rings. The first-order valence-electron chi connectivity index (χ1n) is 28.3. The van der Waals surface area contributed by atoms with Crippen molar-refractivity contribution in [3.63, 3.8) is 0 Å². The van der Waals surface area contributed by atoms with Gasteiger partial charge in [-0.25, -0.2) is 4.57 Å². The van der Waals surface area contributed by atoms with Crippen LogP contribution in [0.4, 0.5) is 0 Å². The number of phosphoric acid groups is 1. The summed E-state index contributed by atoms with van der Waals surface area (Å²) in [4.78, 5) is 33.8. The van der Waals surface area contributed by atoms with Gasteiger partial charge in [0.2, 0.25) is 0 Å². The Morgan fingerprint density at radius 1 is 0.478 bits per heavy atom. The lowest BCUT2D eigenvalue weighted by molar-refractivity contribution is -0.154. The molecule has 0 spiro atoms. The highest BCUT2D eigenvalue weighted by Crippen LogP contribution is 2.43. The zero-order chi connectivity index (χ0) is 50.4. The van der Waals surface area contributed by atoms with E-state index < -0.39 is 45.1 Å². The Morgan fingerprint density at radius 2 is 0.841 bits per heavy atom. The molecule has 0 saturated carbocycles. The highest BCUT2D eigenvalue weighted by molar-refractivity contribution is 7.47. The molecule has 10 nitrogen and oxygen atoms in total. The van der Waals surface area contributed by atoms with Crippen molar-refractivity contribution >= 4 is 19.8 Å². The first-order valence-corrected chi connectivity index (χ1v) is 29.8. The molecule has 0 rings (SSSR count). The summed E-state index contributed by atoms with van der Waals surface area (Å²) in [5.41, 5.74) is 5.39. The van der Waals surface area contributed by atoms with Gasteiger partial charge in [-0.3, -0.25) is 18.6 Å². The zero-order valence-corrected chi connectivity index (χ0v) is 45.3. The maximum absolute atomic E-state index is 12.7. The number of carboxylic acid groups (broad SMARTS) is 1. The largest absolute Gasteiger partial charge is 0.480 e. The molecule has 0 radical (unpaired) electrons. The average Bonchev–Trinajstić information content (AvgIpc) is 3.33. The monoisotopic (exact) mass is 992 g/mol. The van der Waals surface area contributed by atoms with Crippen LogP contribution in [-0.2, 0) is 32.7 Å². The van der Waals surface area contributed by atoms with Crippen LogP contribution in [0, 0.1) is 0 Å². The molecule has 0 heterocycles. The number of unbranched alkanes of at least 4 members (excludes halogenated alkanes) is 30. The van der Waals surface area contributed by atoms with Crippen LogP contribution in [0.15, 0.2) is 60.8 Å². The summed E-state index contributed by atoms with van der Waals surface area (Å²) in [6, 6.07) is -1.48. The molecule has 0 aliphatic heterocycles. The molecule has 402 valence electrons. The molecular formula is C58H106NO9P. The van der Waals surface area contributed by atoms with E-state index in [1.54, 1.807) is 0 Å². The first kappa shape index (κ1) is 66.7. The Bertz CT molecular complexity index is 1330. The topological polar surface area (TPSA) is 155 Å². The van der Waals surface area contributed by atoms with Crippen LogP contribution in [0.25, 0.3) is 0 Å². The van der Waals surface area contributed by atoms with Gasteiger partial charge in [0.05, 0.1) is 19.8 Å². The van der Waals surface area contributed by atoms with E-state index in [1.165, 1.54) is 154 Å². The maximum atomic E-state index is 12.7. The van der Waals surface area contributed by atoms with Gasteiger partial charge < -0.3 is 25.2 Å². The number of carboxylic acids is 1. The van der Waals surface area contributed by atoms with Crippen molar-refractivity contribution in [2.45, 2.75) is 270 Å². The third kappa shape index (κ3) is 53.3. The van der Waals surface area contributed by atoms with Crippen LogP contribution in [0.3, 0.4) is 0 Å². The fourth-order valence-electron chi connectivity index (χ4n) is 7.99. The summed E-state index contributed by atoms with van der Waals surface area (Å²) in [5, 5.41) is 8.95. The van der Waals surface area contributed by atoms with Crippen molar-refractivity contribution in [2.24, 2.45) is 5.73 Å². The third-order valence-electron chi connectivity index (χ3n) is 12.3.